The van der Waals surface area contributed by atoms with Gasteiger partial charge in [-0.2, -0.15) is 0 Å². The number of hydrogen-bond donors (Lipinski definition) is 0. The molecule has 4 nitrogen and oxygen atoms in total. The highest BCUT2D eigenvalue weighted by atomic mass is 16.5. The van der Waals surface area contributed by atoms with Crippen LogP contribution in [0.5, 0.6) is 0 Å². The highest BCUT2D eigenvalue weighted by Crippen LogP contribution is 1.93. The van der Waals surface area contributed by atoms with Crippen LogP contribution in [-0.2, 0) is 9.53 Å². The minimum absolute atomic E-state index is 0.100. The average Bonchev–Trinajstić information content (AvgIpc) is 2.14. The molecule has 0 fully saturated rings. The van der Waals surface area contributed by atoms with Gasteiger partial charge in [0.05, 0.1) is 13.0 Å². The third-order valence-corrected chi connectivity index (χ3v) is 2.15. The van der Waals surface area contributed by atoms with Crippen LogP contribution in [0.2, 0.25) is 0 Å². The average molecular weight is 216 g/mol. The topological polar surface area (TPSA) is 32.8 Å². The molecule has 0 aromatic carbocycles. The molecule has 0 spiro atoms. The van der Waals surface area contributed by atoms with E-state index in [9.17, 15) is 4.79 Å². The Bertz CT molecular complexity index is 172. The molecule has 0 aliphatic rings. The Kier molecular flexibility index (Phi) is 8.33. The lowest BCUT2D eigenvalue weighted by molar-refractivity contribution is -0.143. The molecule has 0 bridgehead atoms. The molecule has 0 aromatic rings. The van der Waals surface area contributed by atoms with Gasteiger partial charge >= 0.3 is 5.97 Å². The lowest BCUT2D eigenvalue weighted by Crippen LogP contribution is -2.26. The Morgan fingerprint density at radius 2 is 1.80 bits per heavy atom. The molecule has 0 saturated heterocycles. The molecule has 0 aliphatic carbocycles. The van der Waals surface area contributed by atoms with Crippen molar-refractivity contribution >= 4 is 5.97 Å². The normalized spacial score (nSPS) is 11.1. The van der Waals surface area contributed by atoms with E-state index in [4.69, 9.17) is 4.74 Å². The van der Waals surface area contributed by atoms with Crippen LogP contribution in [0.25, 0.3) is 0 Å². The van der Waals surface area contributed by atoms with Crippen LogP contribution >= 0.6 is 0 Å². The summed E-state index contributed by atoms with van der Waals surface area (Å²) in [5.41, 5.74) is 0. The molecule has 0 saturated carbocycles. The molecule has 0 atom stereocenters. The molecule has 0 N–H and O–H groups in total. The minimum Gasteiger partial charge on any atom is -0.466 e. The molecule has 0 radical (unpaired) electrons. The number of esters is 1. The van der Waals surface area contributed by atoms with E-state index in [1.807, 2.05) is 14.0 Å². The van der Waals surface area contributed by atoms with Crippen molar-refractivity contribution in [3.8, 4) is 0 Å². The van der Waals surface area contributed by atoms with Crippen LogP contribution in [0, 0.1) is 0 Å². The zero-order valence-corrected chi connectivity index (χ0v) is 10.5. The van der Waals surface area contributed by atoms with Gasteiger partial charge in [-0.15, -0.1) is 0 Å². The van der Waals surface area contributed by atoms with Gasteiger partial charge in [-0.25, -0.2) is 0 Å². The molecule has 0 aliphatic heterocycles. The Morgan fingerprint density at radius 1 is 1.13 bits per heavy atom. The number of nitrogens with zero attached hydrogens (tertiary/aromatic N) is 2. The SMILES string of the molecule is CCOC(=O)CCN(C)CCCN(C)C. The van der Waals surface area contributed by atoms with Gasteiger partial charge in [0.25, 0.3) is 0 Å². The molecule has 0 aromatic heterocycles. The van der Waals surface area contributed by atoms with Gasteiger partial charge in [0.15, 0.2) is 0 Å². The van der Waals surface area contributed by atoms with Crippen LogP contribution in [-0.4, -0.2) is 63.2 Å². The highest BCUT2D eigenvalue weighted by molar-refractivity contribution is 5.69. The van der Waals surface area contributed by atoms with Crippen LogP contribution < -0.4 is 0 Å². The molecule has 0 heterocycles. The van der Waals surface area contributed by atoms with Crippen molar-refractivity contribution < 1.29 is 9.53 Å². The fourth-order valence-corrected chi connectivity index (χ4v) is 1.28. The van der Waals surface area contributed by atoms with Crippen LogP contribution in [0.3, 0.4) is 0 Å². The summed E-state index contributed by atoms with van der Waals surface area (Å²) in [5.74, 6) is -0.100. The summed E-state index contributed by atoms with van der Waals surface area (Å²) in [6.45, 7) is 5.20. The fourth-order valence-electron chi connectivity index (χ4n) is 1.28. The smallest absolute Gasteiger partial charge is 0.307 e. The zero-order chi connectivity index (χ0) is 11.7. The second kappa shape index (κ2) is 8.68. The molecule has 0 unspecified atom stereocenters. The Balaban J connectivity index is 3.40. The lowest BCUT2D eigenvalue weighted by Gasteiger charge is -2.17. The Morgan fingerprint density at radius 3 is 2.33 bits per heavy atom. The van der Waals surface area contributed by atoms with E-state index in [2.05, 4.69) is 23.9 Å². The number of carbonyl (C=O) groups is 1. The quantitative estimate of drug-likeness (QED) is 0.562. The van der Waals surface area contributed by atoms with Crippen molar-refractivity contribution in [2.24, 2.45) is 0 Å². The van der Waals surface area contributed by atoms with E-state index >= 15 is 0 Å². The van der Waals surface area contributed by atoms with Crippen LogP contribution in [0.15, 0.2) is 0 Å². The number of rotatable bonds is 8. The predicted molar refractivity (Wildman–Crippen MR) is 61.9 cm³/mol. The van der Waals surface area contributed by atoms with E-state index < -0.39 is 0 Å². The van der Waals surface area contributed by atoms with Crippen molar-refractivity contribution in [3.05, 3.63) is 0 Å². The van der Waals surface area contributed by atoms with Crippen molar-refractivity contribution in [3.63, 3.8) is 0 Å². The van der Waals surface area contributed by atoms with Crippen LogP contribution in [0.4, 0.5) is 0 Å². The van der Waals surface area contributed by atoms with E-state index in [1.54, 1.807) is 0 Å². The van der Waals surface area contributed by atoms with Gasteiger partial charge in [-0.05, 0) is 47.6 Å². The third-order valence-electron chi connectivity index (χ3n) is 2.15. The maximum atomic E-state index is 11.1. The second-order valence-electron chi connectivity index (χ2n) is 4.02. The molecule has 0 rings (SSSR count). The summed E-state index contributed by atoms with van der Waals surface area (Å²) in [7, 11) is 6.17. The lowest BCUT2D eigenvalue weighted by atomic mass is 10.3. The predicted octanol–water partition coefficient (Wildman–Crippen LogP) is 0.823. The summed E-state index contributed by atoms with van der Waals surface area (Å²) >= 11 is 0. The maximum Gasteiger partial charge on any atom is 0.307 e. The monoisotopic (exact) mass is 216 g/mol. The molecule has 0 amide bonds. The number of hydrogen-bond acceptors (Lipinski definition) is 4. The first-order valence-corrected chi connectivity index (χ1v) is 5.55. The first-order valence-electron chi connectivity index (χ1n) is 5.55. The van der Waals surface area contributed by atoms with Crippen LogP contribution in [0.1, 0.15) is 19.8 Å². The fraction of sp³-hybridized carbons (Fsp3) is 0.909. The van der Waals surface area contributed by atoms with E-state index in [-0.39, 0.29) is 5.97 Å². The largest absolute Gasteiger partial charge is 0.466 e. The van der Waals surface area contributed by atoms with E-state index in [1.165, 1.54) is 0 Å². The first kappa shape index (κ1) is 14.4. The second-order valence-corrected chi connectivity index (χ2v) is 4.02. The Labute approximate surface area is 93.2 Å². The van der Waals surface area contributed by atoms with Crippen molar-refractivity contribution in [2.45, 2.75) is 19.8 Å². The van der Waals surface area contributed by atoms with Gasteiger partial charge in [0.2, 0.25) is 0 Å². The van der Waals surface area contributed by atoms with Gasteiger partial charge in [-0.1, -0.05) is 0 Å². The van der Waals surface area contributed by atoms with Gasteiger partial charge in [0.1, 0.15) is 0 Å². The van der Waals surface area contributed by atoms with E-state index in [0.29, 0.717) is 13.0 Å². The first-order chi connectivity index (χ1) is 7.06. The molecular formula is C11H24N2O2. The van der Waals surface area contributed by atoms with Crippen molar-refractivity contribution in [1.82, 2.24) is 9.80 Å². The number of carbonyl (C=O) groups excluding carboxylic acids is 1. The maximum absolute atomic E-state index is 11.1. The summed E-state index contributed by atoms with van der Waals surface area (Å²) in [6, 6.07) is 0. The van der Waals surface area contributed by atoms with Crippen molar-refractivity contribution in [2.75, 3.05) is 47.4 Å². The molecule has 90 valence electrons. The Hall–Kier alpha value is -0.610. The van der Waals surface area contributed by atoms with Gasteiger partial charge in [0, 0.05) is 6.54 Å². The molecule has 4 heteroatoms. The molecular weight excluding hydrogens is 192 g/mol. The van der Waals surface area contributed by atoms with Crippen molar-refractivity contribution in [1.29, 1.82) is 0 Å². The third kappa shape index (κ3) is 9.69. The van der Waals surface area contributed by atoms with Gasteiger partial charge in [-0.3, -0.25) is 4.79 Å². The zero-order valence-electron chi connectivity index (χ0n) is 10.5. The minimum atomic E-state index is -0.100. The summed E-state index contributed by atoms with van der Waals surface area (Å²) in [5, 5.41) is 0. The highest BCUT2D eigenvalue weighted by Gasteiger charge is 2.04. The van der Waals surface area contributed by atoms with E-state index in [0.717, 1.165) is 26.1 Å². The number of ether oxygens (including phenoxy) is 1. The molecule has 15 heavy (non-hydrogen) atoms. The standard InChI is InChI=1S/C11H24N2O2/c1-5-15-11(14)7-10-13(4)9-6-8-12(2)3/h5-10H2,1-4H3. The summed E-state index contributed by atoms with van der Waals surface area (Å²) in [6.07, 6.45) is 1.62. The van der Waals surface area contributed by atoms with Gasteiger partial charge < -0.3 is 14.5 Å². The summed E-state index contributed by atoms with van der Waals surface area (Å²) < 4.78 is 4.86. The summed E-state index contributed by atoms with van der Waals surface area (Å²) in [4.78, 5) is 15.4.